The lowest BCUT2D eigenvalue weighted by Crippen LogP contribution is -2.29. The zero-order chi connectivity index (χ0) is 14.1. The van der Waals surface area contributed by atoms with Gasteiger partial charge in [0.2, 0.25) is 0 Å². The Bertz CT molecular complexity index is 589. The third-order valence-corrected chi connectivity index (χ3v) is 4.25. The second-order valence-corrected chi connectivity index (χ2v) is 6.01. The molecule has 0 bridgehead atoms. The molecule has 0 radical (unpaired) electrons. The van der Waals surface area contributed by atoms with Gasteiger partial charge in [0, 0.05) is 32.4 Å². The SMILES string of the molecule is CC(C)N1CCC(CNc2nccc3c2ncn3C)C1. The van der Waals surface area contributed by atoms with Crippen LogP contribution in [0.25, 0.3) is 11.0 Å². The molecule has 1 N–H and O–H groups in total. The Balaban J connectivity index is 1.66. The minimum absolute atomic E-state index is 0.650. The molecule has 3 heterocycles. The first-order valence-electron chi connectivity index (χ1n) is 7.39. The summed E-state index contributed by atoms with van der Waals surface area (Å²) in [6, 6.07) is 2.65. The highest BCUT2D eigenvalue weighted by Gasteiger charge is 2.24. The second-order valence-electron chi connectivity index (χ2n) is 6.01. The predicted molar refractivity (Wildman–Crippen MR) is 81.8 cm³/mol. The number of hydrogen-bond donors (Lipinski definition) is 1. The summed E-state index contributed by atoms with van der Waals surface area (Å²) in [6.45, 7) is 7.91. The number of aromatic nitrogens is 3. The third-order valence-electron chi connectivity index (χ3n) is 4.25. The molecule has 3 rings (SSSR count). The second kappa shape index (κ2) is 5.40. The van der Waals surface area contributed by atoms with E-state index in [0.29, 0.717) is 12.0 Å². The van der Waals surface area contributed by atoms with Crippen LogP contribution in [0.1, 0.15) is 20.3 Å². The van der Waals surface area contributed by atoms with Gasteiger partial charge in [0.15, 0.2) is 5.82 Å². The van der Waals surface area contributed by atoms with Gasteiger partial charge in [-0.2, -0.15) is 0 Å². The average Bonchev–Trinajstić information content (AvgIpc) is 3.04. The van der Waals surface area contributed by atoms with Crippen LogP contribution in [0.15, 0.2) is 18.6 Å². The van der Waals surface area contributed by atoms with Gasteiger partial charge in [0.05, 0.1) is 11.8 Å². The van der Waals surface area contributed by atoms with Crippen molar-refractivity contribution in [1.82, 2.24) is 19.4 Å². The monoisotopic (exact) mass is 273 g/mol. The van der Waals surface area contributed by atoms with Crippen molar-refractivity contribution in [2.24, 2.45) is 13.0 Å². The van der Waals surface area contributed by atoms with Gasteiger partial charge in [0.25, 0.3) is 0 Å². The Morgan fingerprint density at radius 3 is 3.00 bits per heavy atom. The summed E-state index contributed by atoms with van der Waals surface area (Å²) in [4.78, 5) is 11.4. The summed E-state index contributed by atoms with van der Waals surface area (Å²) in [5, 5.41) is 3.49. The first-order valence-corrected chi connectivity index (χ1v) is 7.39. The number of fused-ring (bicyclic) bond motifs is 1. The quantitative estimate of drug-likeness (QED) is 0.927. The molecular formula is C15H23N5. The van der Waals surface area contributed by atoms with Crippen LogP contribution in [-0.2, 0) is 7.05 Å². The van der Waals surface area contributed by atoms with Crippen LogP contribution in [0, 0.1) is 5.92 Å². The van der Waals surface area contributed by atoms with Gasteiger partial charge in [0.1, 0.15) is 5.52 Å². The van der Waals surface area contributed by atoms with Crippen molar-refractivity contribution in [2.75, 3.05) is 25.0 Å². The van der Waals surface area contributed by atoms with Crippen LogP contribution in [0.2, 0.25) is 0 Å². The van der Waals surface area contributed by atoms with Crippen LogP contribution in [0.4, 0.5) is 5.82 Å². The van der Waals surface area contributed by atoms with Crippen LogP contribution in [0.3, 0.4) is 0 Å². The predicted octanol–water partition coefficient (Wildman–Crippen LogP) is 2.11. The number of likely N-dealkylation sites (tertiary alicyclic amines) is 1. The molecule has 1 saturated heterocycles. The van der Waals surface area contributed by atoms with Crippen molar-refractivity contribution in [3.63, 3.8) is 0 Å². The van der Waals surface area contributed by atoms with Crippen LogP contribution in [0.5, 0.6) is 0 Å². The van der Waals surface area contributed by atoms with Gasteiger partial charge in [-0.25, -0.2) is 9.97 Å². The molecule has 1 fully saturated rings. The molecule has 2 aromatic rings. The van der Waals surface area contributed by atoms with E-state index in [-0.39, 0.29) is 0 Å². The maximum atomic E-state index is 4.43. The Hall–Kier alpha value is -1.62. The highest BCUT2D eigenvalue weighted by Crippen LogP contribution is 2.22. The Kier molecular flexibility index (Phi) is 3.61. The Labute approximate surface area is 120 Å². The molecule has 108 valence electrons. The van der Waals surface area contributed by atoms with E-state index in [2.05, 4.69) is 34.0 Å². The topological polar surface area (TPSA) is 46.0 Å². The highest BCUT2D eigenvalue weighted by molar-refractivity contribution is 5.85. The van der Waals surface area contributed by atoms with Crippen molar-refractivity contribution >= 4 is 16.9 Å². The summed E-state index contributed by atoms with van der Waals surface area (Å²) in [6.07, 6.45) is 4.96. The Morgan fingerprint density at radius 1 is 1.40 bits per heavy atom. The molecule has 1 atom stereocenters. The number of rotatable bonds is 4. The summed E-state index contributed by atoms with van der Waals surface area (Å²) >= 11 is 0. The molecule has 5 heteroatoms. The molecule has 0 amide bonds. The first kappa shape index (κ1) is 13.4. The van der Waals surface area contributed by atoms with E-state index in [9.17, 15) is 0 Å². The van der Waals surface area contributed by atoms with Gasteiger partial charge in [-0.05, 0) is 38.8 Å². The first-order chi connectivity index (χ1) is 9.65. The Morgan fingerprint density at radius 2 is 2.25 bits per heavy atom. The maximum Gasteiger partial charge on any atom is 0.154 e. The molecule has 20 heavy (non-hydrogen) atoms. The normalized spacial score (nSPS) is 20.1. The smallest absolute Gasteiger partial charge is 0.154 e. The number of imidazole rings is 1. The zero-order valence-corrected chi connectivity index (χ0v) is 12.5. The van der Waals surface area contributed by atoms with Crippen molar-refractivity contribution in [3.8, 4) is 0 Å². The third kappa shape index (κ3) is 2.50. The lowest BCUT2D eigenvalue weighted by Gasteiger charge is -2.20. The average molecular weight is 273 g/mol. The molecule has 0 aliphatic carbocycles. The summed E-state index contributed by atoms with van der Waals surface area (Å²) in [5.41, 5.74) is 2.09. The minimum Gasteiger partial charge on any atom is -0.368 e. The largest absolute Gasteiger partial charge is 0.368 e. The molecule has 2 aromatic heterocycles. The number of nitrogens with zero attached hydrogens (tertiary/aromatic N) is 4. The van der Waals surface area contributed by atoms with E-state index in [1.54, 1.807) is 0 Å². The van der Waals surface area contributed by atoms with E-state index < -0.39 is 0 Å². The van der Waals surface area contributed by atoms with Gasteiger partial charge < -0.3 is 14.8 Å². The minimum atomic E-state index is 0.650. The number of pyridine rings is 1. The summed E-state index contributed by atoms with van der Waals surface area (Å²) in [5.74, 6) is 1.62. The van der Waals surface area contributed by atoms with Crippen molar-refractivity contribution in [3.05, 3.63) is 18.6 Å². The maximum absolute atomic E-state index is 4.43. The molecule has 1 aliphatic rings. The van der Waals surface area contributed by atoms with Gasteiger partial charge in [-0.3, -0.25) is 0 Å². The molecule has 5 nitrogen and oxygen atoms in total. The highest BCUT2D eigenvalue weighted by atomic mass is 15.2. The number of anilines is 1. The van der Waals surface area contributed by atoms with Gasteiger partial charge in [-0.15, -0.1) is 0 Å². The van der Waals surface area contributed by atoms with E-state index in [1.165, 1.54) is 19.5 Å². The van der Waals surface area contributed by atoms with E-state index in [4.69, 9.17) is 0 Å². The number of hydrogen-bond acceptors (Lipinski definition) is 4. The van der Waals surface area contributed by atoms with Crippen molar-refractivity contribution in [2.45, 2.75) is 26.3 Å². The summed E-state index contributed by atoms with van der Waals surface area (Å²) < 4.78 is 2.03. The summed E-state index contributed by atoms with van der Waals surface area (Å²) in [7, 11) is 2.01. The van der Waals surface area contributed by atoms with Crippen molar-refractivity contribution < 1.29 is 0 Å². The standard InChI is InChI=1S/C15H23N5/c1-11(2)20-7-5-12(9-20)8-17-15-14-13(4-6-16-15)19(3)10-18-14/h4,6,10-12H,5,7-9H2,1-3H3,(H,16,17). The molecule has 1 unspecified atom stereocenters. The fraction of sp³-hybridized carbons (Fsp3) is 0.600. The van der Waals surface area contributed by atoms with Crippen molar-refractivity contribution in [1.29, 1.82) is 0 Å². The number of aryl methyl sites for hydroxylation is 1. The number of nitrogens with one attached hydrogen (secondary N) is 1. The lowest BCUT2D eigenvalue weighted by molar-refractivity contribution is 0.266. The van der Waals surface area contributed by atoms with Crippen LogP contribution >= 0.6 is 0 Å². The van der Waals surface area contributed by atoms with E-state index in [0.717, 1.165) is 23.4 Å². The van der Waals surface area contributed by atoms with E-state index in [1.807, 2.05) is 30.2 Å². The van der Waals surface area contributed by atoms with Crippen LogP contribution in [-0.4, -0.2) is 45.1 Å². The van der Waals surface area contributed by atoms with Gasteiger partial charge in [-0.1, -0.05) is 0 Å². The fourth-order valence-corrected chi connectivity index (χ4v) is 2.93. The molecule has 0 saturated carbocycles. The molecular weight excluding hydrogens is 250 g/mol. The van der Waals surface area contributed by atoms with Crippen LogP contribution < -0.4 is 5.32 Å². The molecule has 1 aliphatic heterocycles. The molecule has 0 aromatic carbocycles. The van der Waals surface area contributed by atoms with Gasteiger partial charge >= 0.3 is 0 Å². The zero-order valence-electron chi connectivity index (χ0n) is 12.5. The fourth-order valence-electron chi connectivity index (χ4n) is 2.93. The molecule has 0 spiro atoms. The lowest BCUT2D eigenvalue weighted by atomic mass is 10.1. The van der Waals surface area contributed by atoms with E-state index >= 15 is 0 Å².